The van der Waals surface area contributed by atoms with Gasteiger partial charge in [-0.1, -0.05) is 11.2 Å². The van der Waals surface area contributed by atoms with Gasteiger partial charge >= 0.3 is 5.97 Å². The van der Waals surface area contributed by atoms with Crippen molar-refractivity contribution in [2.45, 2.75) is 40.0 Å². The summed E-state index contributed by atoms with van der Waals surface area (Å²) >= 11 is 1.55. The number of benzene rings is 1. The van der Waals surface area contributed by atoms with E-state index in [2.05, 4.69) is 10.5 Å². The van der Waals surface area contributed by atoms with Gasteiger partial charge in [0.25, 0.3) is 5.91 Å². The second-order valence-electron chi connectivity index (χ2n) is 6.46. The first-order valence-electron chi connectivity index (χ1n) is 9.09. The number of aryl methyl sites for hydroxylation is 2. The molecule has 0 fully saturated rings. The number of esters is 1. The molecule has 8 heteroatoms. The molecule has 0 bridgehead atoms. The SMILES string of the molecule is Cc1noc(C)c1COc1ccc(C(=O)O[C@H](C)C(=O)NCc2cccs2)cc1. The standard InChI is InChI=1S/C21H22N2O5S/c1-13-19(14(2)28-23-13)12-26-17-8-6-16(7-9-17)21(25)27-15(3)20(24)22-11-18-5-4-10-29-18/h4-10,15H,11-12H2,1-3H3,(H,22,24)/t15-/m1/s1. The van der Waals surface area contributed by atoms with E-state index in [1.807, 2.05) is 31.4 Å². The highest BCUT2D eigenvalue weighted by molar-refractivity contribution is 7.09. The smallest absolute Gasteiger partial charge is 0.338 e. The molecule has 0 aliphatic carbocycles. The highest BCUT2D eigenvalue weighted by atomic mass is 32.1. The number of nitrogens with one attached hydrogen (secondary N) is 1. The number of thiophene rings is 1. The van der Waals surface area contributed by atoms with E-state index in [1.165, 1.54) is 0 Å². The number of hydrogen-bond acceptors (Lipinski definition) is 7. The molecular formula is C21H22N2O5S. The molecule has 3 rings (SSSR count). The van der Waals surface area contributed by atoms with Crippen LogP contribution in [0.15, 0.2) is 46.3 Å². The molecule has 3 aromatic rings. The van der Waals surface area contributed by atoms with Gasteiger partial charge in [0.2, 0.25) is 0 Å². The van der Waals surface area contributed by atoms with Gasteiger partial charge in [-0.2, -0.15) is 0 Å². The van der Waals surface area contributed by atoms with E-state index < -0.39 is 12.1 Å². The number of aromatic nitrogens is 1. The lowest BCUT2D eigenvalue weighted by molar-refractivity contribution is -0.129. The Kier molecular flexibility index (Phi) is 6.66. The van der Waals surface area contributed by atoms with Gasteiger partial charge in [0.15, 0.2) is 6.10 Å². The van der Waals surface area contributed by atoms with Crippen molar-refractivity contribution in [1.29, 1.82) is 0 Å². The Bertz CT molecular complexity index is 944. The molecule has 0 aliphatic heterocycles. The number of hydrogen-bond donors (Lipinski definition) is 1. The molecule has 1 aromatic carbocycles. The summed E-state index contributed by atoms with van der Waals surface area (Å²) in [5.74, 6) is 0.407. The largest absolute Gasteiger partial charge is 0.489 e. The Morgan fingerprint density at radius 1 is 1.21 bits per heavy atom. The maximum Gasteiger partial charge on any atom is 0.338 e. The Morgan fingerprint density at radius 2 is 1.97 bits per heavy atom. The van der Waals surface area contributed by atoms with Gasteiger partial charge in [-0.15, -0.1) is 11.3 Å². The Balaban J connectivity index is 1.49. The van der Waals surface area contributed by atoms with E-state index in [0.29, 0.717) is 30.2 Å². The molecule has 152 valence electrons. The lowest BCUT2D eigenvalue weighted by Crippen LogP contribution is -2.35. The normalized spacial score (nSPS) is 11.7. The van der Waals surface area contributed by atoms with Crippen molar-refractivity contribution < 1.29 is 23.6 Å². The minimum Gasteiger partial charge on any atom is -0.489 e. The third kappa shape index (κ3) is 5.45. The van der Waals surface area contributed by atoms with Crippen molar-refractivity contribution >= 4 is 23.2 Å². The molecule has 1 amide bonds. The van der Waals surface area contributed by atoms with Crippen LogP contribution in [0.25, 0.3) is 0 Å². The first-order chi connectivity index (χ1) is 13.9. The van der Waals surface area contributed by atoms with E-state index in [4.69, 9.17) is 14.0 Å². The third-order valence-electron chi connectivity index (χ3n) is 4.32. The highest BCUT2D eigenvalue weighted by Gasteiger charge is 2.19. The van der Waals surface area contributed by atoms with E-state index in [0.717, 1.165) is 16.1 Å². The average Bonchev–Trinajstić information content (AvgIpc) is 3.35. The molecule has 1 N–H and O–H groups in total. The van der Waals surface area contributed by atoms with Crippen molar-refractivity contribution in [3.63, 3.8) is 0 Å². The lowest BCUT2D eigenvalue weighted by Gasteiger charge is -2.13. The van der Waals surface area contributed by atoms with Crippen molar-refractivity contribution in [2.75, 3.05) is 0 Å². The number of carbonyl (C=O) groups is 2. The maximum absolute atomic E-state index is 12.3. The molecule has 0 radical (unpaired) electrons. The molecule has 0 aliphatic rings. The van der Waals surface area contributed by atoms with Gasteiger partial charge in [-0.3, -0.25) is 4.79 Å². The molecule has 0 unspecified atom stereocenters. The Hall–Kier alpha value is -3.13. The Labute approximate surface area is 172 Å². The number of nitrogens with zero attached hydrogens (tertiary/aromatic N) is 1. The molecule has 1 atom stereocenters. The second-order valence-corrected chi connectivity index (χ2v) is 7.49. The summed E-state index contributed by atoms with van der Waals surface area (Å²) in [6.07, 6.45) is -0.891. The topological polar surface area (TPSA) is 90.7 Å². The van der Waals surface area contributed by atoms with Crippen LogP contribution in [-0.4, -0.2) is 23.1 Å². The number of carbonyl (C=O) groups excluding carboxylic acids is 2. The molecule has 29 heavy (non-hydrogen) atoms. The third-order valence-corrected chi connectivity index (χ3v) is 5.20. The zero-order chi connectivity index (χ0) is 20.8. The van der Waals surface area contributed by atoms with Gasteiger partial charge in [-0.25, -0.2) is 4.79 Å². The van der Waals surface area contributed by atoms with E-state index in [9.17, 15) is 9.59 Å². The average molecular weight is 414 g/mol. The van der Waals surface area contributed by atoms with E-state index in [1.54, 1.807) is 42.5 Å². The lowest BCUT2D eigenvalue weighted by atomic mass is 10.2. The highest BCUT2D eigenvalue weighted by Crippen LogP contribution is 2.18. The van der Waals surface area contributed by atoms with Crippen LogP contribution in [0, 0.1) is 13.8 Å². The quantitative estimate of drug-likeness (QED) is 0.564. The van der Waals surface area contributed by atoms with E-state index in [-0.39, 0.29) is 5.91 Å². The summed E-state index contributed by atoms with van der Waals surface area (Å²) in [5, 5.41) is 8.58. The second kappa shape index (κ2) is 9.38. The van der Waals surface area contributed by atoms with Crippen molar-refractivity contribution in [3.8, 4) is 5.75 Å². The first kappa shape index (κ1) is 20.6. The number of ether oxygens (including phenoxy) is 2. The van der Waals surface area contributed by atoms with Crippen molar-refractivity contribution in [1.82, 2.24) is 10.5 Å². The molecule has 2 heterocycles. The zero-order valence-corrected chi connectivity index (χ0v) is 17.2. The molecule has 0 saturated heterocycles. The summed E-state index contributed by atoms with van der Waals surface area (Å²) in [6, 6.07) is 10.4. The summed E-state index contributed by atoms with van der Waals surface area (Å²) in [6.45, 7) is 5.96. The van der Waals surface area contributed by atoms with Crippen LogP contribution in [-0.2, 0) is 22.7 Å². The summed E-state index contributed by atoms with van der Waals surface area (Å²) in [4.78, 5) is 25.4. The van der Waals surface area contributed by atoms with Gasteiger partial charge in [0, 0.05) is 4.88 Å². The fourth-order valence-corrected chi connectivity index (χ4v) is 3.21. The fourth-order valence-electron chi connectivity index (χ4n) is 2.56. The van der Waals surface area contributed by atoms with Gasteiger partial charge in [-0.05, 0) is 56.5 Å². The number of amides is 1. The zero-order valence-electron chi connectivity index (χ0n) is 16.4. The van der Waals surface area contributed by atoms with Crippen molar-refractivity contribution in [2.24, 2.45) is 0 Å². The summed E-state index contributed by atoms with van der Waals surface area (Å²) < 4.78 is 16.1. The molecular weight excluding hydrogens is 392 g/mol. The molecule has 2 aromatic heterocycles. The van der Waals surface area contributed by atoms with Gasteiger partial charge in [0.05, 0.1) is 23.4 Å². The van der Waals surface area contributed by atoms with Gasteiger partial charge < -0.3 is 19.3 Å². The van der Waals surface area contributed by atoms with E-state index >= 15 is 0 Å². The van der Waals surface area contributed by atoms with Crippen molar-refractivity contribution in [3.05, 3.63) is 69.2 Å². The van der Waals surface area contributed by atoms with Crippen LogP contribution in [0.3, 0.4) is 0 Å². The monoisotopic (exact) mass is 414 g/mol. The van der Waals surface area contributed by atoms with Crippen LogP contribution in [0.5, 0.6) is 5.75 Å². The van der Waals surface area contributed by atoms with Gasteiger partial charge in [0.1, 0.15) is 18.1 Å². The van der Waals surface area contributed by atoms with Crippen LogP contribution >= 0.6 is 11.3 Å². The molecule has 0 spiro atoms. The Morgan fingerprint density at radius 3 is 2.59 bits per heavy atom. The maximum atomic E-state index is 12.3. The molecule has 7 nitrogen and oxygen atoms in total. The minimum absolute atomic E-state index is 0.326. The minimum atomic E-state index is -0.891. The summed E-state index contributed by atoms with van der Waals surface area (Å²) in [5.41, 5.74) is 2.03. The van der Waals surface area contributed by atoms with Crippen LogP contribution in [0.1, 0.15) is 39.2 Å². The predicted molar refractivity (Wildman–Crippen MR) is 108 cm³/mol. The fraction of sp³-hybridized carbons (Fsp3) is 0.286. The first-order valence-corrected chi connectivity index (χ1v) is 9.97. The predicted octanol–water partition coefficient (Wildman–Crippen LogP) is 3.79. The van der Waals surface area contributed by atoms with Crippen LogP contribution in [0.4, 0.5) is 0 Å². The molecule has 0 saturated carbocycles. The van der Waals surface area contributed by atoms with Crippen LogP contribution < -0.4 is 10.1 Å². The number of rotatable bonds is 8. The summed E-state index contributed by atoms with van der Waals surface area (Å²) in [7, 11) is 0. The van der Waals surface area contributed by atoms with Crippen LogP contribution in [0.2, 0.25) is 0 Å².